The molecule has 4 N–H and O–H groups in total. The maximum absolute atomic E-state index is 11.4. The first-order valence-electron chi connectivity index (χ1n) is 4.76. The monoisotopic (exact) mass is 230 g/mol. The lowest BCUT2D eigenvalue weighted by Gasteiger charge is -2.19. The van der Waals surface area contributed by atoms with Crippen LogP contribution in [0.25, 0.3) is 0 Å². The van der Waals surface area contributed by atoms with Gasteiger partial charge in [-0.3, -0.25) is 4.79 Å². The maximum Gasteiger partial charge on any atom is 0.171 e. The van der Waals surface area contributed by atoms with Crippen molar-refractivity contribution in [3.8, 4) is 0 Å². The molecule has 1 aromatic heterocycles. The van der Waals surface area contributed by atoms with Gasteiger partial charge in [-0.2, -0.15) is 0 Å². The summed E-state index contributed by atoms with van der Waals surface area (Å²) in [4.78, 5) is 11.4. The van der Waals surface area contributed by atoms with Crippen LogP contribution in [0.2, 0.25) is 0 Å². The summed E-state index contributed by atoms with van der Waals surface area (Å²) in [6.07, 6.45) is -3.78. The summed E-state index contributed by atoms with van der Waals surface area (Å²) in [5.74, 6) is -0.329. The molecule has 90 valence electrons. The van der Waals surface area contributed by atoms with Crippen molar-refractivity contribution in [1.82, 2.24) is 0 Å². The molecule has 0 unspecified atom stereocenters. The smallest absolute Gasteiger partial charge is 0.171 e. The van der Waals surface area contributed by atoms with E-state index in [4.69, 9.17) is 14.6 Å². The Labute approximate surface area is 91.8 Å². The molecule has 6 heteroatoms. The van der Waals surface area contributed by atoms with Gasteiger partial charge in [0.1, 0.15) is 24.1 Å². The highest BCUT2D eigenvalue weighted by Crippen LogP contribution is 2.07. The lowest BCUT2D eigenvalue weighted by Crippen LogP contribution is -2.44. The minimum absolute atomic E-state index is 0.177. The molecule has 0 amide bonds. The van der Waals surface area contributed by atoms with Crippen molar-refractivity contribution in [3.05, 3.63) is 24.2 Å². The maximum atomic E-state index is 11.4. The number of hydrogen-bond acceptors (Lipinski definition) is 6. The number of aliphatic hydroxyl groups is 4. The summed E-state index contributed by atoms with van der Waals surface area (Å²) in [5, 5.41) is 36.2. The molecule has 0 aliphatic rings. The Morgan fingerprint density at radius 2 is 2.06 bits per heavy atom. The number of ketones is 1. The number of furan rings is 1. The highest BCUT2D eigenvalue weighted by molar-refractivity contribution is 5.85. The van der Waals surface area contributed by atoms with E-state index in [1.165, 1.54) is 6.26 Å². The summed E-state index contributed by atoms with van der Waals surface area (Å²) in [6, 6.07) is 3.15. The summed E-state index contributed by atoms with van der Waals surface area (Å²) in [7, 11) is 0. The van der Waals surface area contributed by atoms with Crippen LogP contribution in [0, 0.1) is 0 Å². The number of hydrogen-bond donors (Lipinski definition) is 4. The molecule has 6 nitrogen and oxygen atoms in total. The van der Waals surface area contributed by atoms with Gasteiger partial charge < -0.3 is 24.8 Å². The van der Waals surface area contributed by atoms with Crippen molar-refractivity contribution < 1.29 is 29.6 Å². The zero-order valence-corrected chi connectivity index (χ0v) is 8.48. The molecule has 0 spiro atoms. The predicted octanol–water partition coefficient (Wildman–Crippen LogP) is -1.53. The minimum atomic E-state index is -1.74. The first kappa shape index (κ1) is 12.9. The van der Waals surface area contributed by atoms with Crippen LogP contribution in [-0.4, -0.2) is 51.1 Å². The summed E-state index contributed by atoms with van der Waals surface area (Å²) in [5.41, 5.74) is 0. The molecule has 0 aliphatic carbocycles. The molecule has 0 aromatic carbocycles. The molecule has 1 heterocycles. The third kappa shape index (κ3) is 3.14. The van der Waals surface area contributed by atoms with E-state index < -0.39 is 30.7 Å². The van der Waals surface area contributed by atoms with Crippen LogP contribution >= 0.6 is 0 Å². The van der Waals surface area contributed by atoms with E-state index >= 15 is 0 Å². The van der Waals surface area contributed by atoms with Gasteiger partial charge in [0.15, 0.2) is 5.78 Å². The van der Waals surface area contributed by atoms with E-state index in [0.29, 0.717) is 5.76 Å². The summed E-state index contributed by atoms with van der Waals surface area (Å²) < 4.78 is 4.90. The Bertz CT molecular complexity index is 320. The Hall–Kier alpha value is -1.21. The number of carbonyl (C=O) groups excluding carboxylic acids is 1. The quantitative estimate of drug-likeness (QED) is 0.471. The van der Waals surface area contributed by atoms with Crippen molar-refractivity contribution in [1.29, 1.82) is 0 Å². The number of aliphatic hydroxyl groups excluding tert-OH is 4. The van der Waals surface area contributed by atoms with Gasteiger partial charge in [0.25, 0.3) is 0 Å². The van der Waals surface area contributed by atoms with Gasteiger partial charge in [-0.1, -0.05) is 0 Å². The first-order valence-corrected chi connectivity index (χ1v) is 4.76. The molecule has 0 radical (unpaired) electrons. The largest absolute Gasteiger partial charge is 0.469 e. The van der Waals surface area contributed by atoms with E-state index in [0.717, 1.165) is 0 Å². The number of carbonyl (C=O) groups is 1. The summed E-state index contributed by atoms with van der Waals surface area (Å²) in [6.45, 7) is -0.730. The Morgan fingerprint density at radius 3 is 2.56 bits per heavy atom. The zero-order valence-electron chi connectivity index (χ0n) is 8.48. The fourth-order valence-corrected chi connectivity index (χ4v) is 1.20. The van der Waals surface area contributed by atoms with Crippen molar-refractivity contribution in [2.24, 2.45) is 0 Å². The van der Waals surface area contributed by atoms with Crippen LogP contribution in [0.1, 0.15) is 5.76 Å². The van der Waals surface area contributed by atoms with E-state index in [-0.39, 0.29) is 6.42 Å². The number of Topliss-reactive ketones (excluding diaryl/α,β-unsaturated/α-hetero) is 1. The van der Waals surface area contributed by atoms with Crippen LogP contribution in [0.5, 0.6) is 0 Å². The molecule has 0 aliphatic heterocycles. The molecule has 3 atom stereocenters. The standard InChI is InChI=1S/C10H14O6/c11-5-8(13)10(15)9(14)7(12)4-6-2-1-3-16-6/h1-3,8-11,13-15H,4-5H2/t8-,9+,10+/m1/s1. The SMILES string of the molecule is O=C(Cc1ccco1)[C@H](O)[C@@H](O)[C@H](O)CO. The molecule has 1 aromatic rings. The average molecular weight is 230 g/mol. The van der Waals surface area contributed by atoms with Gasteiger partial charge in [0.05, 0.1) is 19.3 Å². The Kier molecular flexibility index (Phi) is 4.63. The van der Waals surface area contributed by atoms with Gasteiger partial charge in [-0.15, -0.1) is 0 Å². The summed E-state index contributed by atoms with van der Waals surface area (Å²) >= 11 is 0. The van der Waals surface area contributed by atoms with Crippen molar-refractivity contribution in [3.63, 3.8) is 0 Å². The predicted molar refractivity (Wildman–Crippen MR) is 52.5 cm³/mol. The molecule has 16 heavy (non-hydrogen) atoms. The second-order valence-corrected chi connectivity index (χ2v) is 3.41. The molecular formula is C10H14O6. The van der Waals surface area contributed by atoms with E-state index in [2.05, 4.69) is 0 Å². The van der Waals surface area contributed by atoms with Gasteiger partial charge in [-0.05, 0) is 12.1 Å². The van der Waals surface area contributed by atoms with E-state index in [1.807, 2.05) is 0 Å². The number of rotatable bonds is 6. The fraction of sp³-hybridized carbons (Fsp3) is 0.500. The zero-order chi connectivity index (χ0) is 12.1. The molecule has 0 saturated heterocycles. The topological polar surface area (TPSA) is 111 Å². The lowest BCUT2D eigenvalue weighted by atomic mass is 10.0. The van der Waals surface area contributed by atoms with Crippen LogP contribution in [0.3, 0.4) is 0 Å². The second-order valence-electron chi connectivity index (χ2n) is 3.41. The van der Waals surface area contributed by atoms with E-state index in [1.54, 1.807) is 12.1 Å². The van der Waals surface area contributed by atoms with Crippen molar-refractivity contribution in [2.75, 3.05) is 6.61 Å². The highest BCUT2D eigenvalue weighted by Gasteiger charge is 2.29. The average Bonchev–Trinajstić information content (AvgIpc) is 2.78. The van der Waals surface area contributed by atoms with Gasteiger partial charge in [-0.25, -0.2) is 0 Å². The van der Waals surface area contributed by atoms with Gasteiger partial charge in [0, 0.05) is 0 Å². The lowest BCUT2D eigenvalue weighted by molar-refractivity contribution is -0.139. The third-order valence-electron chi connectivity index (χ3n) is 2.16. The molecule has 0 saturated carbocycles. The van der Waals surface area contributed by atoms with Crippen molar-refractivity contribution in [2.45, 2.75) is 24.7 Å². The van der Waals surface area contributed by atoms with Crippen LogP contribution in [0.4, 0.5) is 0 Å². The van der Waals surface area contributed by atoms with E-state index in [9.17, 15) is 15.0 Å². The highest BCUT2D eigenvalue weighted by atomic mass is 16.4. The Morgan fingerprint density at radius 1 is 1.38 bits per heavy atom. The Balaban J connectivity index is 2.53. The van der Waals surface area contributed by atoms with Crippen molar-refractivity contribution >= 4 is 5.78 Å². The van der Waals surface area contributed by atoms with Crippen LogP contribution in [0.15, 0.2) is 22.8 Å². The van der Waals surface area contributed by atoms with Gasteiger partial charge >= 0.3 is 0 Å². The van der Waals surface area contributed by atoms with Crippen LogP contribution < -0.4 is 0 Å². The fourth-order valence-electron chi connectivity index (χ4n) is 1.20. The molecule has 0 bridgehead atoms. The van der Waals surface area contributed by atoms with Gasteiger partial charge in [0.2, 0.25) is 0 Å². The normalized spacial score (nSPS) is 16.8. The minimum Gasteiger partial charge on any atom is -0.469 e. The molecule has 1 rings (SSSR count). The molecular weight excluding hydrogens is 216 g/mol. The third-order valence-corrected chi connectivity index (χ3v) is 2.16. The second kappa shape index (κ2) is 5.76. The first-order chi connectivity index (χ1) is 7.56. The molecule has 0 fully saturated rings. The van der Waals surface area contributed by atoms with Crippen LogP contribution in [-0.2, 0) is 11.2 Å².